The molecule has 2 N–H and O–H groups in total. The third-order valence-corrected chi connectivity index (χ3v) is 2.42. The highest BCUT2D eigenvalue weighted by atomic mass is 32.2. The fourth-order valence-corrected chi connectivity index (χ4v) is 1.90. The van der Waals surface area contributed by atoms with Gasteiger partial charge in [-0.2, -0.15) is 11.8 Å². The molecule has 1 rings (SSSR count). The Morgan fingerprint density at radius 2 is 2.56 bits per heavy atom. The van der Waals surface area contributed by atoms with Crippen molar-refractivity contribution in [2.75, 3.05) is 18.1 Å². The summed E-state index contributed by atoms with van der Waals surface area (Å²) in [6, 6.07) is 0. The van der Waals surface area contributed by atoms with Crippen molar-refractivity contribution in [3.05, 3.63) is 11.6 Å². The first-order valence-electron chi connectivity index (χ1n) is 3.39. The van der Waals surface area contributed by atoms with Crippen LogP contribution in [0, 0.1) is 0 Å². The average Bonchev–Trinajstić information content (AvgIpc) is 1.91. The standard InChI is InChI=1S/C7H13NS/c8-4-1-7-2-5-9-6-3-7/h2H,1,3-6,8H2. The second-order valence-electron chi connectivity index (χ2n) is 2.23. The zero-order valence-electron chi connectivity index (χ0n) is 5.60. The average molecular weight is 143 g/mol. The Hall–Kier alpha value is 0.0500. The van der Waals surface area contributed by atoms with E-state index in [1.54, 1.807) is 5.57 Å². The van der Waals surface area contributed by atoms with Crippen LogP contribution in [0.2, 0.25) is 0 Å². The molecule has 1 aliphatic heterocycles. The Kier molecular flexibility index (Phi) is 3.15. The summed E-state index contributed by atoms with van der Waals surface area (Å²) in [6.45, 7) is 0.816. The molecule has 0 bridgehead atoms. The normalized spacial score (nSPS) is 19.4. The van der Waals surface area contributed by atoms with Crippen LogP contribution in [0.5, 0.6) is 0 Å². The second-order valence-corrected chi connectivity index (χ2v) is 3.38. The highest BCUT2D eigenvalue weighted by Gasteiger charge is 2.00. The third-order valence-electron chi connectivity index (χ3n) is 1.52. The Bertz CT molecular complexity index is 109. The quantitative estimate of drug-likeness (QED) is 0.591. The minimum absolute atomic E-state index is 0.816. The predicted octanol–water partition coefficient (Wildman–Crippen LogP) is 1.40. The van der Waals surface area contributed by atoms with Crippen LogP contribution < -0.4 is 5.73 Å². The lowest BCUT2D eigenvalue weighted by atomic mass is 10.1. The third kappa shape index (κ3) is 2.41. The van der Waals surface area contributed by atoms with Gasteiger partial charge in [-0.05, 0) is 25.1 Å². The van der Waals surface area contributed by atoms with E-state index in [0.29, 0.717) is 0 Å². The molecule has 0 amide bonds. The largest absolute Gasteiger partial charge is 0.330 e. The summed E-state index contributed by atoms with van der Waals surface area (Å²) in [7, 11) is 0. The Labute approximate surface area is 60.7 Å². The molecular weight excluding hydrogens is 130 g/mol. The van der Waals surface area contributed by atoms with Gasteiger partial charge in [-0.15, -0.1) is 0 Å². The number of nitrogens with two attached hydrogens (primary N) is 1. The molecule has 0 saturated heterocycles. The predicted molar refractivity (Wildman–Crippen MR) is 43.7 cm³/mol. The molecule has 9 heavy (non-hydrogen) atoms. The van der Waals surface area contributed by atoms with Crippen molar-refractivity contribution >= 4 is 11.8 Å². The van der Waals surface area contributed by atoms with Crippen LogP contribution in [0.1, 0.15) is 12.8 Å². The van der Waals surface area contributed by atoms with Gasteiger partial charge in [-0.25, -0.2) is 0 Å². The Morgan fingerprint density at radius 3 is 3.11 bits per heavy atom. The van der Waals surface area contributed by atoms with Crippen LogP contribution in [0.3, 0.4) is 0 Å². The molecule has 0 atom stereocenters. The molecule has 0 fully saturated rings. The summed E-state index contributed by atoms with van der Waals surface area (Å²) in [5.41, 5.74) is 6.98. The van der Waals surface area contributed by atoms with Crippen LogP contribution in [0.25, 0.3) is 0 Å². The van der Waals surface area contributed by atoms with Gasteiger partial charge >= 0.3 is 0 Å². The van der Waals surface area contributed by atoms with Gasteiger partial charge in [-0.1, -0.05) is 11.6 Å². The maximum atomic E-state index is 5.41. The molecular formula is C7H13NS. The van der Waals surface area contributed by atoms with Crippen LogP contribution in [0.4, 0.5) is 0 Å². The molecule has 1 heterocycles. The van der Waals surface area contributed by atoms with E-state index in [-0.39, 0.29) is 0 Å². The maximum absolute atomic E-state index is 5.41. The van der Waals surface area contributed by atoms with E-state index in [1.165, 1.54) is 17.9 Å². The Morgan fingerprint density at radius 1 is 1.67 bits per heavy atom. The van der Waals surface area contributed by atoms with Gasteiger partial charge in [0, 0.05) is 5.75 Å². The van der Waals surface area contributed by atoms with Crippen LogP contribution >= 0.6 is 11.8 Å². The summed E-state index contributed by atoms with van der Waals surface area (Å²) in [6.07, 6.45) is 4.70. The van der Waals surface area contributed by atoms with Crippen molar-refractivity contribution < 1.29 is 0 Å². The summed E-state index contributed by atoms with van der Waals surface area (Å²) >= 11 is 2.01. The minimum atomic E-state index is 0.816. The molecule has 52 valence electrons. The zero-order chi connectivity index (χ0) is 6.53. The van der Waals surface area contributed by atoms with Crippen molar-refractivity contribution in [3.63, 3.8) is 0 Å². The summed E-state index contributed by atoms with van der Waals surface area (Å²) in [4.78, 5) is 0. The van der Waals surface area contributed by atoms with Gasteiger partial charge < -0.3 is 5.73 Å². The number of hydrogen-bond acceptors (Lipinski definition) is 2. The molecule has 2 heteroatoms. The lowest BCUT2D eigenvalue weighted by Crippen LogP contribution is -2.03. The number of thioether (sulfide) groups is 1. The smallest absolute Gasteiger partial charge is 0.0116 e. The fraction of sp³-hybridized carbons (Fsp3) is 0.714. The van der Waals surface area contributed by atoms with Gasteiger partial charge in [0.25, 0.3) is 0 Å². The zero-order valence-corrected chi connectivity index (χ0v) is 6.41. The fourth-order valence-electron chi connectivity index (χ4n) is 0.978. The Balaban J connectivity index is 2.28. The van der Waals surface area contributed by atoms with Crippen molar-refractivity contribution in [3.8, 4) is 0 Å². The molecule has 0 aromatic carbocycles. The molecule has 0 unspecified atom stereocenters. The first-order valence-corrected chi connectivity index (χ1v) is 4.54. The van der Waals surface area contributed by atoms with E-state index in [9.17, 15) is 0 Å². The number of hydrogen-bond donors (Lipinski definition) is 1. The molecule has 0 aromatic rings. The van der Waals surface area contributed by atoms with Crippen molar-refractivity contribution in [1.82, 2.24) is 0 Å². The van der Waals surface area contributed by atoms with E-state index in [2.05, 4.69) is 6.08 Å². The lowest BCUT2D eigenvalue weighted by molar-refractivity contribution is 0.891. The molecule has 0 aliphatic carbocycles. The minimum Gasteiger partial charge on any atom is -0.330 e. The lowest BCUT2D eigenvalue weighted by Gasteiger charge is -2.10. The molecule has 0 aromatic heterocycles. The molecule has 1 aliphatic rings. The second kappa shape index (κ2) is 3.96. The van der Waals surface area contributed by atoms with Gasteiger partial charge in [0.15, 0.2) is 0 Å². The van der Waals surface area contributed by atoms with E-state index < -0.39 is 0 Å². The van der Waals surface area contributed by atoms with E-state index in [4.69, 9.17) is 5.73 Å². The van der Waals surface area contributed by atoms with E-state index in [0.717, 1.165) is 13.0 Å². The summed E-state index contributed by atoms with van der Waals surface area (Å²) in [5, 5.41) is 0. The van der Waals surface area contributed by atoms with Crippen molar-refractivity contribution in [2.24, 2.45) is 5.73 Å². The number of rotatable bonds is 2. The van der Waals surface area contributed by atoms with Gasteiger partial charge in [0.1, 0.15) is 0 Å². The van der Waals surface area contributed by atoms with Crippen LogP contribution in [0.15, 0.2) is 11.6 Å². The van der Waals surface area contributed by atoms with E-state index >= 15 is 0 Å². The van der Waals surface area contributed by atoms with Gasteiger partial charge in [0.2, 0.25) is 0 Å². The van der Waals surface area contributed by atoms with Crippen LogP contribution in [-0.4, -0.2) is 18.1 Å². The summed E-state index contributed by atoms with van der Waals surface area (Å²) < 4.78 is 0. The first kappa shape index (κ1) is 7.16. The van der Waals surface area contributed by atoms with Crippen molar-refractivity contribution in [1.29, 1.82) is 0 Å². The monoisotopic (exact) mass is 143 g/mol. The van der Waals surface area contributed by atoms with Crippen molar-refractivity contribution in [2.45, 2.75) is 12.8 Å². The maximum Gasteiger partial charge on any atom is 0.0116 e. The van der Waals surface area contributed by atoms with Gasteiger partial charge in [0.05, 0.1) is 0 Å². The first-order chi connectivity index (χ1) is 4.43. The highest BCUT2D eigenvalue weighted by molar-refractivity contribution is 7.99. The summed E-state index contributed by atoms with van der Waals surface area (Å²) in [5.74, 6) is 2.50. The SMILES string of the molecule is NCCC1=CCSCC1. The van der Waals surface area contributed by atoms with Crippen LogP contribution in [-0.2, 0) is 0 Å². The molecule has 1 nitrogen and oxygen atoms in total. The topological polar surface area (TPSA) is 26.0 Å². The highest BCUT2D eigenvalue weighted by Crippen LogP contribution is 2.18. The molecule has 0 spiro atoms. The molecule has 0 radical (unpaired) electrons. The van der Waals surface area contributed by atoms with E-state index in [1.807, 2.05) is 11.8 Å². The molecule has 0 saturated carbocycles. The van der Waals surface area contributed by atoms with Gasteiger partial charge in [-0.3, -0.25) is 0 Å².